The minimum Gasteiger partial charge on any atom is -0.483 e. The zero-order valence-corrected chi connectivity index (χ0v) is 17.6. The molecule has 1 spiro atoms. The van der Waals surface area contributed by atoms with Crippen LogP contribution in [-0.2, 0) is 22.4 Å². The third-order valence-electron chi connectivity index (χ3n) is 7.15. The molecule has 3 heterocycles. The summed E-state index contributed by atoms with van der Waals surface area (Å²) in [4.78, 5) is 27.0. The number of fused-ring (bicyclic) bond motifs is 3. The molecule has 0 atom stereocenters. The van der Waals surface area contributed by atoms with Gasteiger partial charge in [0.2, 0.25) is 0 Å². The highest BCUT2D eigenvalue weighted by Gasteiger charge is 2.39. The number of aryl methyl sites for hydroxylation is 2. The quantitative estimate of drug-likeness (QED) is 0.723. The van der Waals surface area contributed by atoms with Gasteiger partial charge in [-0.15, -0.1) is 0 Å². The Labute approximate surface area is 176 Å². The van der Waals surface area contributed by atoms with E-state index in [1.807, 2.05) is 24.0 Å². The molecule has 3 aliphatic rings. The van der Waals surface area contributed by atoms with Gasteiger partial charge >= 0.3 is 5.63 Å². The second-order valence-corrected chi connectivity index (χ2v) is 8.92. The monoisotopic (exact) mass is 411 g/mol. The lowest BCUT2D eigenvalue weighted by molar-refractivity contribution is -0.138. The van der Waals surface area contributed by atoms with Crippen molar-refractivity contribution in [3.63, 3.8) is 0 Å². The fraction of sp³-hybridized carbons (Fsp3) is 0.583. The summed E-state index contributed by atoms with van der Waals surface area (Å²) in [6.07, 6.45) is 7.88. The standard InChI is InChI=1S/C24H29NO5/c1-16-20(8-7-18-17-5-2-3-6-19(17)23(27)30-22(16)18)28-15-21(26)25-12-10-24(11-13-25)9-4-14-29-24/h7-8H,2-6,9-15H2,1H3. The molecule has 5 rings (SSSR count). The van der Waals surface area contributed by atoms with Gasteiger partial charge in [-0.25, -0.2) is 4.79 Å². The molecular weight excluding hydrogens is 382 g/mol. The van der Waals surface area contributed by atoms with Crippen molar-refractivity contribution in [1.82, 2.24) is 4.90 Å². The average Bonchev–Trinajstić information content (AvgIpc) is 3.22. The second kappa shape index (κ2) is 7.73. The molecule has 160 valence electrons. The van der Waals surface area contributed by atoms with Crippen LogP contribution in [0.1, 0.15) is 55.2 Å². The number of benzene rings is 1. The van der Waals surface area contributed by atoms with Crippen molar-refractivity contribution in [2.75, 3.05) is 26.3 Å². The van der Waals surface area contributed by atoms with E-state index in [4.69, 9.17) is 13.9 Å². The first-order valence-corrected chi connectivity index (χ1v) is 11.2. The zero-order chi connectivity index (χ0) is 20.7. The van der Waals surface area contributed by atoms with E-state index in [-0.39, 0.29) is 23.7 Å². The van der Waals surface area contributed by atoms with Crippen LogP contribution in [0.5, 0.6) is 5.75 Å². The molecule has 2 aromatic rings. The van der Waals surface area contributed by atoms with E-state index in [1.54, 1.807) is 0 Å². The SMILES string of the molecule is Cc1c(OCC(=O)N2CCC3(CCCO3)CC2)ccc2c3c(c(=O)oc12)CCCC3. The maximum absolute atomic E-state index is 12.7. The van der Waals surface area contributed by atoms with Crippen LogP contribution < -0.4 is 10.4 Å². The molecule has 0 saturated carbocycles. The lowest BCUT2D eigenvalue weighted by Crippen LogP contribution is -2.47. The van der Waals surface area contributed by atoms with Gasteiger partial charge in [0.05, 0.1) is 5.60 Å². The van der Waals surface area contributed by atoms with E-state index in [2.05, 4.69) is 0 Å². The summed E-state index contributed by atoms with van der Waals surface area (Å²) in [5.74, 6) is 0.594. The lowest BCUT2D eigenvalue weighted by Gasteiger charge is -2.38. The van der Waals surface area contributed by atoms with E-state index >= 15 is 0 Å². The molecule has 1 amide bonds. The van der Waals surface area contributed by atoms with Crippen molar-refractivity contribution in [2.45, 2.75) is 63.9 Å². The van der Waals surface area contributed by atoms with Crippen molar-refractivity contribution in [1.29, 1.82) is 0 Å². The average molecular weight is 411 g/mol. The molecule has 1 aliphatic carbocycles. The maximum Gasteiger partial charge on any atom is 0.339 e. The highest BCUT2D eigenvalue weighted by atomic mass is 16.5. The smallest absolute Gasteiger partial charge is 0.339 e. The molecule has 30 heavy (non-hydrogen) atoms. The van der Waals surface area contributed by atoms with Crippen molar-refractivity contribution >= 4 is 16.9 Å². The van der Waals surface area contributed by atoms with E-state index in [0.29, 0.717) is 11.3 Å². The van der Waals surface area contributed by atoms with Crippen LogP contribution in [0.4, 0.5) is 0 Å². The first-order valence-electron chi connectivity index (χ1n) is 11.2. The van der Waals surface area contributed by atoms with Crippen LogP contribution in [0.25, 0.3) is 11.0 Å². The highest BCUT2D eigenvalue weighted by molar-refractivity contribution is 5.86. The Balaban J connectivity index is 1.29. The lowest BCUT2D eigenvalue weighted by atomic mass is 9.89. The van der Waals surface area contributed by atoms with Gasteiger partial charge in [0.25, 0.3) is 5.91 Å². The first kappa shape index (κ1) is 19.6. The number of piperidine rings is 1. The van der Waals surface area contributed by atoms with Crippen LogP contribution in [-0.4, -0.2) is 42.7 Å². The van der Waals surface area contributed by atoms with Crippen LogP contribution in [0.2, 0.25) is 0 Å². The molecule has 6 nitrogen and oxygen atoms in total. The summed E-state index contributed by atoms with van der Waals surface area (Å²) in [7, 11) is 0. The Kier molecular flexibility index (Phi) is 5.05. The molecule has 1 aromatic carbocycles. The first-order chi connectivity index (χ1) is 14.6. The summed E-state index contributed by atoms with van der Waals surface area (Å²) in [6.45, 7) is 4.18. The van der Waals surface area contributed by atoms with Crippen LogP contribution in [0.15, 0.2) is 21.3 Å². The summed E-state index contributed by atoms with van der Waals surface area (Å²) in [5.41, 5.74) is 3.08. The van der Waals surface area contributed by atoms with Crippen LogP contribution in [0.3, 0.4) is 0 Å². The Morgan fingerprint density at radius 3 is 2.60 bits per heavy atom. The van der Waals surface area contributed by atoms with E-state index in [9.17, 15) is 9.59 Å². The minimum absolute atomic E-state index is 0.00323. The normalized spacial score (nSPS) is 20.5. The molecule has 2 aliphatic heterocycles. The van der Waals surface area contributed by atoms with E-state index in [1.165, 1.54) is 0 Å². The minimum atomic E-state index is -0.232. The molecule has 0 radical (unpaired) electrons. The molecule has 6 heteroatoms. The fourth-order valence-corrected chi connectivity index (χ4v) is 5.33. The molecule has 0 unspecified atom stereocenters. The van der Waals surface area contributed by atoms with Gasteiger partial charge in [-0.2, -0.15) is 0 Å². The summed E-state index contributed by atoms with van der Waals surface area (Å²) < 4.78 is 17.5. The topological polar surface area (TPSA) is 69.0 Å². The Bertz CT molecular complexity index is 1020. The molecule has 0 bridgehead atoms. The number of likely N-dealkylation sites (tertiary alicyclic amines) is 1. The molecular formula is C24H29NO5. The van der Waals surface area contributed by atoms with Gasteiger partial charge in [0.15, 0.2) is 6.61 Å². The molecule has 1 aromatic heterocycles. The number of ether oxygens (including phenoxy) is 2. The van der Waals surface area contributed by atoms with E-state index in [0.717, 1.165) is 93.1 Å². The largest absolute Gasteiger partial charge is 0.483 e. The Morgan fingerprint density at radius 2 is 1.87 bits per heavy atom. The van der Waals surface area contributed by atoms with E-state index < -0.39 is 0 Å². The number of amides is 1. The van der Waals surface area contributed by atoms with Gasteiger partial charge in [-0.3, -0.25) is 4.79 Å². The number of hydrogen-bond acceptors (Lipinski definition) is 5. The van der Waals surface area contributed by atoms with Gasteiger partial charge in [-0.05, 0) is 76.0 Å². The maximum atomic E-state index is 12.7. The van der Waals surface area contributed by atoms with Crippen molar-refractivity contribution in [3.8, 4) is 5.75 Å². The molecule has 2 saturated heterocycles. The number of rotatable bonds is 3. The van der Waals surface area contributed by atoms with Gasteiger partial charge < -0.3 is 18.8 Å². The summed E-state index contributed by atoms with van der Waals surface area (Å²) in [5, 5.41) is 0.998. The predicted molar refractivity (Wildman–Crippen MR) is 113 cm³/mol. The highest BCUT2D eigenvalue weighted by Crippen LogP contribution is 2.36. The number of nitrogens with zero attached hydrogens (tertiary/aromatic N) is 1. The van der Waals surface area contributed by atoms with Gasteiger partial charge in [0.1, 0.15) is 11.3 Å². The Morgan fingerprint density at radius 1 is 1.10 bits per heavy atom. The van der Waals surface area contributed by atoms with Crippen LogP contribution in [0, 0.1) is 6.92 Å². The van der Waals surface area contributed by atoms with Crippen molar-refractivity contribution < 1.29 is 18.7 Å². The fourth-order valence-electron chi connectivity index (χ4n) is 5.33. The number of carbonyl (C=O) groups is 1. The third-order valence-corrected chi connectivity index (χ3v) is 7.15. The Hall–Kier alpha value is -2.34. The van der Waals surface area contributed by atoms with Crippen molar-refractivity contribution in [2.24, 2.45) is 0 Å². The second-order valence-electron chi connectivity index (χ2n) is 8.92. The zero-order valence-electron chi connectivity index (χ0n) is 17.6. The van der Waals surface area contributed by atoms with Gasteiger partial charge in [-0.1, -0.05) is 0 Å². The number of carbonyl (C=O) groups excluding carboxylic acids is 1. The van der Waals surface area contributed by atoms with Gasteiger partial charge in [0, 0.05) is 36.2 Å². The summed E-state index contributed by atoms with van der Waals surface area (Å²) >= 11 is 0. The van der Waals surface area contributed by atoms with Crippen LogP contribution >= 0.6 is 0 Å². The molecule has 2 fully saturated rings. The van der Waals surface area contributed by atoms with Crippen molar-refractivity contribution in [3.05, 3.63) is 39.2 Å². The summed E-state index contributed by atoms with van der Waals surface area (Å²) in [6, 6.07) is 3.87. The number of hydrogen-bond donors (Lipinski definition) is 0. The predicted octanol–water partition coefficient (Wildman–Crippen LogP) is 3.53. The molecule has 0 N–H and O–H groups in total. The third kappa shape index (κ3) is 3.41.